The zero-order valence-electron chi connectivity index (χ0n) is 16.7. The van der Waals surface area contributed by atoms with E-state index in [0.717, 1.165) is 30.3 Å². The Morgan fingerprint density at radius 2 is 1.61 bits per heavy atom. The summed E-state index contributed by atoms with van der Waals surface area (Å²) >= 11 is 0. The van der Waals surface area contributed by atoms with Crippen LogP contribution in [0.25, 0.3) is 0 Å². The van der Waals surface area contributed by atoms with Crippen LogP contribution in [-0.4, -0.2) is 68.5 Å². The van der Waals surface area contributed by atoms with Gasteiger partial charge in [-0.25, -0.2) is 4.98 Å². The first-order valence-electron chi connectivity index (χ1n) is 9.45. The summed E-state index contributed by atoms with van der Waals surface area (Å²) in [6, 6.07) is 13.5. The minimum absolute atomic E-state index is 0.0347. The van der Waals surface area contributed by atoms with Crippen LogP contribution >= 0.6 is 0 Å². The van der Waals surface area contributed by atoms with E-state index in [1.807, 2.05) is 66.4 Å². The van der Waals surface area contributed by atoms with Crippen molar-refractivity contribution in [3.05, 3.63) is 48.7 Å². The van der Waals surface area contributed by atoms with E-state index in [0.29, 0.717) is 13.1 Å². The number of aromatic nitrogens is 1. The highest BCUT2D eigenvalue weighted by atomic mass is 16.2. The second-order valence-electron chi connectivity index (χ2n) is 7.07. The van der Waals surface area contributed by atoms with E-state index in [9.17, 15) is 9.59 Å². The van der Waals surface area contributed by atoms with Crippen molar-refractivity contribution in [3.63, 3.8) is 0 Å². The average molecular weight is 381 g/mol. The molecule has 7 nitrogen and oxygen atoms in total. The van der Waals surface area contributed by atoms with Crippen LogP contribution in [-0.2, 0) is 9.59 Å². The molecule has 0 unspecified atom stereocenters. The highest BCUT2D eigenvalue weighted by Crippen LogP contribution is 2.20. The monoisotopic (exact) mass is 381 g/mol. The van der Waals surface area contributed by atoms with Crippen molar-refractivity contribution in [3.8, 4) is 0 Å². The predicted molar refractivity (Wildman–Crippen MR) is 112 cm³/mol. The van der Waals surface area contributed by atoms with Crippen molar-refractivity contribution < 1.29 is 9.59 Å². The number of hydrogen-bond acceptors (Lipinski definition) is 5. The Labute approximate surface area is 166 Å². The second-order valence-corrected chi connectivity index (χ2v) is 7.07. The number of piperazine rings is 1. The van der Waals surface area contributed by atoms with Gasteiger partial charge in [-0.3, -0.25) is 9.59 Å². The van der Waals surface area contributed by atoms with E-state index in [4.69, 9.17) is 0 Å². The number of carbonyl (C=O) groups is 2. The molecule has 1 saturated heterocycles. The number of carbonyl (C=O) groups excluding carboxylic acids is 2. The molecule has 2 heterocycles. The number of amides is 2. The molecular formula is C21H27N5O2. The highest BCUT2D eigenvalue weighted by Gasteiger charge is 2.24. The first-order chi connectivity index (χ1) is 13.5. The zero-order valence-corrected chi connectivity index (χ0v) is 16.7. The van der Waals surface area contributed by atoms with Crippen molar-refractivity contribution in [1.29, 1.82) is 0 Å². The van der Waals surface area contributed by atoms with Crippen LogP contribution in [0.5, 0.6) is 0 Å². The highest BCUT2D eigenvalue weighted by molar-refractivity contribution is 5.97. The zero-order chi connectivity index (χ0) is 20.1. The Morgan fingerprint density at radius 3 is 2.14 bits per heavy atom. The average Bonchev–Trinajstić information content (AvgIpc) is 2.72. The fraction of sp³-hybridized carbons (Fsp3) is 0.381. The molecule has 0 saturated carbocycles. The van der Waals surface area contributed by atoms with Crippen LogP contribution in [0.2, 0.25) is 0 Å². The molecule has 148 valence electrons. The van der Waals surface area contributed by atoms with Gasteiger partial charge in [0.2, 0.25) is 11.8 Å². The van der Waals surface area contributed by atoms with Crippen LogP contribution in [0, 0.1) is 0 Å². The third-order valence-corrected chi connectivity index (χ3v) is 4.96. The summed E-state index contributed by atoms with van der Waals surface area (Å²) < 4.78 is 0. The van der Waals surface area contributed by atoms with Crippen LogP contribution in [0.1, 0.15) is 6.92 Å². The number of anilines is 3. The molecule has 0 atom stereocenters. The fourth-order valence-electron chi connectivity index (χ4n) is 3.28. The normalized spacial score (nSPS) is 14.0. The summed E-state index contributed by atoms with van der Waals surface area (Å²) in [5.41, 5.74) is 1.78. The molecule has 1 aromatic carbocycles. The van der Waals surface area contributed by atoms with Crippen molar-refractivity contribution in [1.82, 2.24) is 9.88 Å². The number of benzene rings is 1. The van der Waals surface area contributed by atoms with Gasteiger partial charge in [0.05, 0.1) is 0 Å². The Hall–Kier alpha value is -3.09. The van der Waals surface area contributed by atoms with Gasteiger partial charge in [0.25, 0.3) is 0 Å². The molecule has 1 fully saturated rings. The quantitative estimate of drug-likeness (QED) is 0.791. The van der Waals surface area contributed by atoms with E-state index in [-0.39, 0.29) is 18.4 Å². The maximum absolute atomic E-state index is 12.8. The molecule has 2 amide bonds. The molecule has 0 N–H and O–H groups in total. The Kier molecular flexibility index (Phi) is 6.13. The molecule has 0 spiro atoms. The van der Waals surface area contributed by atoms with Gasteiger partial charge in [0.15, 0.2) is 0 Å². The SMILES string of the molecule is CC(=O)N(CC(=O)N1CCN(c2ccccn2)CC1)c1ccc(N(C)C)cc1. The summed E-state index contributed by atoms with van der Waals surface area (Å²) in [6.45, 7) is 4.27. The number of hydrogen-bond donors (Lipinski definition) is 0. The number of pyridine rings is 1. The van der Waals surface area contributed by atoms with Crippen LogP contribution in [0.15, 0.2) is 48.7 Å². The molecule has 7 heteroatoms. The van der Waals surface area contributed by atoms with E-state index >= 15 is 0 Å². The van der Waals surface area contributed by atoms with Gasteiger partial charge in [0.1, 0.15) is 12.4 Å². The molecule has 3 rings (SSSR count). The first-order valence-corrected chi connectivity index (χ1v) is 9.45. The van der Waals surface area contributed by atoms with Gasteiger partial charge in [0, 0.05) is 64.8 Å². The molecule has 2 aromatic rings. The lowest BCUT2D eigenvalue weighted by Crippen LogP contribution is -2.52. The van der Waals surface area contributed by atoms with E-state index in [1.54, 1.807) is 6.20 Å². The van der Waals surface area contributed by atoms with Crippen molar-refractivity contribution in [2.75, 3.05) is 61.5 Å². The van der Waals surface area contributed by atoms with Crippen LogP contribution < -0.4 is 14.7 Å². The van der Waals surface area contributed by atoms with Gasteiger partial charge in [-0.2, -0.15) is 0 Å². The third-order valence-electron chi connectivity index (χ3n) is 4.96. The number of nitrogens with zero attached hydrogens (tertiary/aromatic N) is 5. The first kappa shape index (κ1) is 19.7. The fourth-order valence-corrected chi connectivity index (χ4v) is 3.28. The maximum atomic E-state index is 12.8. The summed E-state index contributed by atoms with van der Waals surface area (Å²) in [4.78, 5) is 36.8. The van der Waals surface area contributed by atoms with Crippen molar-refractivity contribution in [2.45, 2.75) is 6.92 Å². The molecule has 1 aliphatic heterocycles. The lowest BCUT2D eigenvalue weighted by Gasteiger charge is -2.36. The molecule has 0 radical (unpaired) electrons. The summed E-state index contributed by atoms with van der Waals surface area (Å²) in [7, 11) is 3.93. The predicted octanol–water partition coefficient (Wildman–Crippen LogP) is 1.85. The summed E-state index contributed by atoms with van der Waals surface area (Å²) in [5.74, 6) is 0.756. The smallest absolute Gasteiger partial charge is 0.242 e. The summed E-state index contributed by atoms with van der Waals surface area (Å²) in [5, 5.41) is 0. The van der Waals surface area contributed by atoms with Gasteiger partial charge in [-0.1, -0.05) is 6.07 Å². The van der Waals surface area contributed by atoms with E-state index in [2.05, 4.69) is 9.88 Å². The Balaban J connectivity index is 1.61. The molecule has 1 aliphatic rings. The molecule has 0 bridgehead atoms. The van der Waals surface area contributed by atoms with Crippen molar-refractivity contribution in [2.24, 2.45) is 0 Å². The molecular weight excluding hydrogens is 354 g/mol. The van der Waals surface area contributed by atoms with Crippen LogP contribution in [0.3, 0.4) is 0 Å². The van der Waals surface area contributed by atoms with Gasteiger partial charge >= 0.3 is 0 Å². The minimum atomic E-state index is -0.141. The van der Waals surface area contributed by atoms with Gasteiger partial charge < -0.3 is 19.6 Å². The largest absolute Gasteiger partial charge is 0.378 e. The van der Waals surface area contributed by atoms with Crippen molar-refractivity contribution >= 4 is 29.0 Å². The third kappa shape index (κ3) is 4.60. The van der Waals surface area contributed by atoms with Crippen LogP contribution in [0.4, 0.5) is 17.2 Å². The Bertz CT molecular complexity index is 799. The Morgan fingerprint density at radius 1 is 0.964 bits per heavy atom. The van der Waals surface area contributed by atoms with Gasteiger partial charge in [-0.05, 0) is 36.4 Å². The topological polar surface area (TPSA) is 60.0 Å². The molecule has 1 aromatic heterocycles. The standard InChI is InChI=1S/C21H27N5O2/c1-17(27)26(19-9-7-18(8-10-19)23(2)3)16-21(28)25-14-12-24(13-15-25)20-6-4-5-11-22-20/h4-11H,12-16H2,1-3H3. The van der Waals surface area contributed by atoms with E-state index < -0.39 is 0 Å². The lowest BCUT2D eigenvalue weighted by molar-refractivity contribution is -0.131. The second kappa shape index (κ2) is 8.73. The molecule has 28 heavy (non-hydrogen) atoms. The minimum Gasteiger partial charge on any atom is -0.378 e. The summed E-state index contributed by atoms with van der Waals surface area (Å²) in [6.07, 6.45) is 1.78. The number of rotatable bonds is 5. The molecule has 0 aliphatic carbocycles. The van der Waals surface area contributed by atoms with E-state index in [1.165, 1.54) is 11.8 Å². The van der Waals surface area contributed by atoms with Gasteiger partial charge in [-0.15, -0.1) is 0 Å². The lowest BCUT2D eigenvalue weighted by atomic mass is 10.2. The maximum Gasteiger partial charge on any atom is 0.242 e.